The quantitative estimate of drug-likeness (QED) is 0.311. The summed E-state index contributed by atoms with van der Waals surface area (Å²) >= 11 is 6.02. The number of amides is 2. The van der Waals surface area contributed by atoms with Crippen molar-refractivity contribution in [3.05, 3.63) is 94.5 Å². The second-order valence-electron chi connectivity index (χ2n) is 10.8. The first kappa shape index (κ1) is 30.6. The zero-order valence-electron chi connectivity index (χ0n) is 23.8. The number of nitrogens with one attached hydrogen (secondary N) is 1. The van der Waals surface area contributed by atoms with Gasteiger partial charge in [-0.2, -0.15) is 0 Å². The Kier molecular flexibility index (Phi) is 10.1. The topological polar surface area (TPSA) is 86.8 Å². The monoisotopic (exact) mass is 595 g/mol. The van der Waals surface area contributed by atoms with Gasteiger partial charge in [0.2, 0.25) is 11.8 Å². The van der Waals surface area contributed by atoms with E-state index in [2.05, 4.69) is 5.32 Å². The fraction of sp³-hybridized carbons (Fsp3) is 0.375. The summed E-state index contributed by atoms with van der Waals surface area (Å²) in [6.45, 7) is 5.23. The third kappa shape index (κ3) is 7.89. The molecule has 0 aliphatic heterocycles. The molecule has 3 aromatic carbocycles. The maximum Gasteiger partial charge on any atom is 0.264 e. The standard InChI is InChI=1S/C32H38ClN3O4S/c1-23-9-7-11-26(19-23)21-35(25(3)32(38)34-28-12-5-4-6-13-28)31(37)22-36(29-14-8-10-24(2)20-29)41(39,40)30-17-15-27(33)16-18-30/h7-11,14-20,25,28H,4-6,12-13,21-22H2,1-3H3,(H,34,38)/t25-/m0/s1. The number of carbonyl (C=O) groups is 2. The minimum absolute atomic E-state index is 0.0181. The van der Waals surface area contributed by atoms with Gasteiger partial charge >= 0.3 is 0 Å². The van der Waals surface area contributed by atoms with E-state index in [0.29, 0.717) is 10.7 Å². The molecule has 0 radical (unpaired) electrons. The van der Waals surface area contributed by atoms with E-state index >= 15 is 0 Å². The van der Waals surface area contributed by atoms with Crippen LogP contribution in [0.4, 0.5) is 5.69 Å². The van der Waals surface area contributed by atoms with Gasteiger partial charge in [-0.25, -0.2) is 8.42 Å². The van der Waals surface area contributed by atoms with E-state index in [1.807, 2.05) is 44.2 Å². The lowest BCUT2D eigenvalue weighted by Crippen LogP contribution is -2.53. The average Bonchev–Trinajstić information content (AvgIpc) is 2.95. The van der Waals surface area contributed by atoms with Crippen molar-refractivity contribution >= 4 is 39.1 Å². The number of aryl methyl sites for hydroxylation is 2. The summed E-state index contributed by atoms with van der Waals surface area (Å²) in [5.74, 6) is -0.711. The van der Waals surface area contributed by atoms with Gasteiger partial charge in [-0.15, -0.1) is 0 Å². The molecule has 9 heteroatoms. The highest BCUT2D eigenvalue weighted by atomic mass is 35.5. The Hall–Kier alpha value is -3.36. The zero-order chi connectivity index (χ0) is 29.6. The first-order chi connectivity index (χ1) is 19.5. The maximum absolute atomic E-state index is 14.1. The van der Waals surface area contributed by atoms with Crippen LogP contribution in [0.2, 0.25) is 5.02 Å². The van der Waals surface area contributed by atoms with Crippen LogP contribution in [0.25, 0.3) is 0 Å². The first-order valence-corrected chi connectivity index (χ1v) is 15.9. The Morgan fingerprint density at radius 1 is 0.927 bits per heavy atom. The molecule has 1 saturated carbocycles. The van der Waals surface area contributed by atoms with Crippen LogP contribution in [-0.4, -0.2) is 43.8 Å². The molecule has 218 valence electrons. The largest absolute Gasteiger partial charge is 0.352 e. The van der Waals surface area contributed by atoms with E-state index < -0.39 is 28.5 Å². The van der Waals surface area contributed by atoms with Gasteiger partial charge in [-0.1, -0.05) is 72.8 Å². The third-order valence-corrected chi connectivity index (χ3v) is 9.56. The van der Waals surface area contributed by atoms with Crippen molar-refractivity contribution in [2.45, 2.75) is 76.4 Å². The van der Waals surface area contributed by atoms with Crippen LogP contribution in [0.1, 0.15) is 55.7 Å². The van der Waals surface area contributed by atoms with Gasteiger partial charge in [-0.3, -0.25) is 13.9 Å². The van der Waals surface area contributed by atoms with E-state index in [0.717, 1.165) is 53.1 Å². The summed E-state index contributed by atoms with van der Waals surface area (Å²) in [5, 5.41) is 3.53. The Morgan fingerprint density at radius 3 is 2.20 bits per heavy atom. The highest BCUT2D eigenvalue weighted by Gasteiger charge is 2.33. The molecule has 0 bridgehead atoms. The summed E-state index contributed by atoms with van der Waals surface area (Å²) < 4.78 is 28.9. The molecule has 1 N–H and O–H groups in total. The number of halogens is 1. The molecular formula is C32H38ClN3O4S. The second kappa shape index (κ2) is 13.5. The molecule has 1 aliphatic rings. The molecule has 3 aromatic rings. The maximum atomic E-state index is 14.1. The lowest BCUT2D eigenvalue weighted by Gasteiger charge is -2.33. The molecule has 0 spiro atoms. The SMILES string of the molecule is Cc1cccc(CN(C(=O)CN(c2cccc(C)c2)S(=O)(=O)c2ccc(Cl)cc2)[C@@H](C)C(=O)NC2CCCCC2)c1. The fourth-order valence-electron chi connectivity index (χ4n) is 5.20. The molecule has 1 fully saturated rings. The smallest absolute Gasteiger partial charge is 0.264 e. The van der Waals surface area contributed by atoms with Crippen molar-refractivity contribution in [3.8, 4) is 0 Å². The van der Waals surface area contributed by atoms with Crippen LogP contribution in [0.15, 0.2) is 77.7 Å². The predicted octanol–water partition coefficient (Wildman–Crippen LogP) is 6.02. The number of hydrogen-bond donors (Lipinski definition) is 1. The first-order valence-electron chi connectivity index (χ1n) is 14.0. The molecule has 0 aromatic heterocycles. The van der Waals surface area contributed by atoms with Gasteiger partial charge in [-0.05, 0) is 81.1 Å². The third-order valence-electron chi connectivity index (χ3n) is 7.52. The number of sulfonamides is 1. The van der Waals surface area contributed by atoms with Crippen LogP contribution in [-0.2, 0) is 26.2 Å². The predicted molar refractivity (Wildman–Crippen MR) is 163 cm³/mol. The fourth-order valence-corrected chi connectivity index (χ4v) is 6.74. The molecule has 0 unspecified atom stereocenters. The molecule has 0 saturated heterocycles. The van der Waals surface area contributed by atoms with Crippen molar-refractivity contribution in [1.29, 1.82) is 0 Å². The van der Waals surface area contributed by atoms with E-state index in [1.165, 1.54) is 29.2 Å². The molecular weight excluding hydrogens is 558 g/mol. The van der Waals surface area contributed by atoms with Gasteiger partial charge in [0, 0.05) is 17.6 Å². The van der Waals surface area contributed by atoms with E-state index in [1.54, 1.807) is 25.1 Å². The minimum Gasteiger partial charge on any atom is -0.352 e. The van der Waals surface area contributed by atoms with Crippen LogP contribution in [0.5, 0.6) is 0 Å². The van der Waals surface area contributed by atoms with Crippen LogP contribution in [0, 0.1) is 13.8 Å². The number of carbonyl (C=O) groups excluding carboxylic acids is 2. The number of benzene rings is 3. The summed E-state index contributed by atoms with van der Waals surface area (Å²) in [6.07, 6.45) is 5.14. The van der Waals surface area contributed by atoms with Crippen molar-refractivity contribution in [3.63, 3.8) is 0 Å². The molecule has 0 heterocycles. The molecule has 1 aliphatic carbocycles. The van der Waals surface area contributed by atoms with Crippen LogP contribution < -0.4 is 9.62 Å². The summed E-state index contributed by atoms with van der Waals surface area (Å²) in [6, 6.07) is 19.9. The highest BCUT2D eigenvalue weighted by molar-refractivity contribution is 7.92. The Morgan fingerprint density at radius 2 is 1.56 bits per heavy atom. The molecule has 4 rings (SSSR count). The number of rotatable bonds is 10. The summed E-state index contributed by atoms with van der Waals surface area (Å²) in [7, 11) is -4.14. The van der Waals surface area contributed by atoms with Crippen LogP contribution in [0.3, 0.4) is 0 Å². The Bertz CT molecular complexity index is 1470. The normalized spacial score (nSPS) is 14.7. The second-order valence-corrected chi connectivity index (χ2v) is 13.1. The summed E-state index contributed by atoms with van der Waals surface area (Å²) in [4.78, 5) is 29.0. The number of nitrogens with zero attached hydrogens (tertiary/aromatic N) is 2. The van der Waals surface area contributed by atoms with Crippen molar-refractivity contribution in [2.75, 3.05) is 10.8 Å². The van der Waals surface area contributed by atoms with E-state index in [-0.39, 0.29) is 23.4 Å². The lowest BCUT2D eigenvalue weighted by molar-refractivity contribution is -0.139. The minimum atomic E-state index is -4.14. The van der Waals surface area contributed by atoms with Gasteiger partial charge in [0.05, 0.1) is 10.6 Å². The van der Waals surface area contributed by atoms with Crippen molar-refractivity contribution in [2.24, 2.45) is 0 Å². The Labute approximate surface area is 248 Å². The van der Waals surface area contributed by atoms with Crippen molar-refractivity contribution in [1.82, 2.24) is 10.2 Å². The van der Waals surface area contributed by atoms with Crippen LogP contribution >= 0.6 is 11.6 Å². The number of anilines is 1. The summed E-state index contributed by atoms with van der Waals surface area (Å²) in [5.41, 5.74) is 3.10. The van der Waals surface area contributed by atoms with Gasteiger partial charge < -0.3 is 10.2 Å². The van der Waals surface area contributed by atoms with Crippen molar-refractivity contribution < 1.29 is 18.0 Å². The van der Waals surface area contributed by atoms with Gasteiger partial charge in [0.1, 0.15) is 12.6 Å². The highest BCUT2D eigenvalue weighted by Crippen LogP contribution is 2.26. The molecule has 7 nitrogen and oxygen atoms in total. The van der Waals surface area contributed by atoms with Gasteiger partial charge in [0.15, 0.2) is 0 Å². The van der Waals surface area contributed by atoms with E-state index in [9.17, 15) is 18.0 Å². The van der Waals surface area contributed by atoms with E-state index in [4.69, 9.17) is 11.6 Å². The molecule has 1 atom stereocenters. The zero-order valence-corrected chi connectivity index (χ0v) is 25.4. The number of hydrogen-bond acceptors (Lipinski definition) is 4. The average molecular weight is 596 g/mol. The molecule has 41 heavy (non-hydrogen) atoms. The Balaban J connectivity index is 1.68. The lowest BCUT2D eigenvalue weighted by atomic mass is 9.95. The van der Waals surface area contributed by atoms with Gasteiger partial charge in [0.25, 0.3) is 10.0 Å². The molecule has 2 amide bonds.